The Bertz CT molecular complexity index is 1100. The molecule has 0 bridgehead atoms. The van der Waals surface area contributed by atoms with Crippen molar-refractivity contribution in [3.8, 4) is 5.75 Å². The molecule has 0 aliphatic heterocycles. The third-order valence-corrected chi connectivity index (χ3v) is 5.82. The fraction of sp³-hybridized carbons (Fsp3) is 0.188. The summed E-state index contributed by atoms with van der Waals surface area (Å²) in [5.74, 6) is 0.815. The van der Waals surface area contributed by atoms with Crippen LogP contribution in [0.2, 0.25) is 0 Å². The summed E-state index contributed by atoms with van der Waals surface area (Å²) in [6.07, 6.45) is 0. The predicted octanol–water partition coefficient (Wildman–Crippen LogP) is 2.81. The molecule has 0 spiro atoms. The fourth-order valence-electron chi connectivity index (χ4n) is 2.67. The molecule has 2 aromatic carbocycles. The summed E-state index contributed by atoms with van der Waals surface area (Å²) >= 11 is 0. The zero-order chi connectivity index (χ0) is 18.4. The quantitative estimate of drug-likeness (QED) is 0.523. The number of ether oxygens (including phenoxy) is 1. The van der Waals surface area contributed by atoms with E-state index < -0.39 is 14.9 Å². The highest BCUT2D eigenvalue weighted by Crippen LogP contribution is 2.29. The van der Waals surface area contributed by atoms with E-state index in [0.717, 1.165) is 10.0 Å². The smallest absolute Gasteiger partial charge is 0.270 e. The van der Waals surface area contributed by atoms with Gasteiger partial charge in [-0.05, 0) is 31.5 Å². The summed E-state index contributed by atoms with van der Waals surface area (Å²) in [4.78, 5) is 14.5. The van der Waals surface area contributed by atoms with E-state index in [9.17, 15) is 18.5 Å². The van der Waals surface area contributed by atoms with Crippen molar-refractivity contribution in [1.82, 2.24) is 8.96 Å². The third-order valence-electron chi connectivity index (χ3n) is 3.88. The van der Waals surface area contributed by atoms with Crippen molar-refractivity contribution in [1.29, 1.82) is 0 Å². The van der Waals surface area contributed by atoms with Crippen molar-refractivity contribution in [2.45, 2.75) is 18.7 Å². The summed E-state index contributed by atoms with van der Waals surface area (Å²) in [5.41, 5.74) is 0.973. The van der Waals surface area contributed by atoms with Gasteiger partial charge in [0.25, 0.3) is 15.7 Å². The summed E-state index contributed by atoms with van der Waals surface area (Å²) in [6, 6.07) is 8.63. The SMILES string of the molecule is COc1ccc2c(c1)nc(C)n2S(=O)(=O)c1cc([N+](=O)[O-])ccc1C. The number of non-ortho nitro benzene ring substituents is 1. The van der Waals surface area contributed by atoms with E-state index in [0.29, 0.717) is 22.3 Å². The first-order chi connectivity index (χ1) is 11.8. The average molecular weight is 361 g/mol. The number of hydrogen-bond donors (Lipinski definition) is 0. The number of imidazole rings is 1. The topological polar surface area (TPSA) is 104 Å². The van der Waals surface area contributed by atoms with Gasteiger partial charge in [-0.2, -0.15) is 0 Å². The van der Waals surface area contributed by atoms with Crippen LogP contribution in [0, 0.1) is 24.0 Å². The maximum Gasteiger partial charge on any atom is 0.270 e. The maximum absolute atomic E-state index is 13.1. The van der Waals surface area contributed by atoms with Crippen molar-refractivity contribution in [2.24, 2.45) is 0 Å². The minimum atomic E-state index is -4.05. The summed E-state index contributed by atoms with van der Waals surface area (Å²) in [6.45, 7) is 3.16. The number of hydrogen-bond acceptors (Lipinski definition) is 6. The first kappa shape index (κ1) is 16.9. The molecule has 0 atom stereocenters. The van der Waals surface area contributed by atoms with Gasteiger partial charge in [0.15, 0.2) is 0 Å². The molecular weight excluding hydrogens is 346 g/mol. The van der Waals surface area contributed by atoms with Crippen molar-refractivity contribution >= 4 is 26.7 Å². The Morgan fingerprint density at radius 3 is 2.52 bits per heavy atom. The van der Waals surface area contributed by atoms with Crippen LogP contribution in [0.3, 0.4) is 0 Å². The minimum Gasteiger partial charge on any atom is -0.497 e. The Labute approximate surface area is 143 Å². The van der Waals surface area contributed by atoms with E-state index in [1.807, 2.05) is 0 Å². The molecule has 0 fully saturated rings. The number of benzene rings is 2. The second-order valence-electron chi connectivity index (χ2n) is 5.49. The van der Waals surface area contributed by atoms with Crippen LogP contribution in [0.5, 0.6) is 5.75 Å². The minimum absolute atomic E-state index is 0.125. The van der Waals surface area contributed by atoms with E-state index in [1.165, 1.54) is 19.2 Å². The molecule has 1 aromatic heterocycles. The molecule has 8 nitrogen and oxygen atoms in total. The third kappa shape index (κ3) is 2.72. The van der Waals surface area contributed by atoms with Crippen LogP contribution in [0.1, 0.15) is 11.4 Å². The van der Waals surface area contributed by atoms with Crippen LogP contribution in [0.15, 0.2) is 41.3 Å². The van der Waals surface area contributed by atoms with Crippen molar-refractivity contribution in [3.63, 3.8) is 0 Å². The zero-order valence-corrected chi connectivity index (χ0v) is 14.6. The van der Waals surface area contributed by atoms with Crippen LogP contribution in [0.4, 0.5) is 5.69 Å². The molecule has 3 rings (SSSR count). The van der Waals surface area contributed by atoms with Crippen LogP contribution in [0.25, 0.3) is 11.0 Å². The van der Waals surface area contributed by atoms with Crippen LogP contribution in [-0.4, -0.2) is 29.4 Å². The van der Waals surface area contributed by atoms with Gasteiger partial charge in [-0.3, -0.25) is 10.1 Å². The largest absolute Gasteiger partial charge is 0.497 e. The lowest BCUT2D eigenvalue weighted by atomic mass is 10.2. The Hall–Kier alpha value is -2.94. The number of nitro benzene ring substituents is 1. The summed E-state index contributed by atoms with van der Waals surface area (Å²) in [5, 5.41) is 11.0. The van der Waals surface area contributed by atoms with Gasteiger partial charge in [0, 0.05) is 18.2 Å². The predicted molar refractivity (Wildman–Crippen MR) is 91.4 cm³/mol. The number of aromatic nitrogens is 2. The second-order valence-corrected chi connectivity index (χ2v) is 7.25. The highest BCUT2D eigenvalue weighted by molar-refractivity contribution is 7.90. The van der Waals surface area contributed by atoms with Gasteiger partial charge in [0.1, 0.15) is 11.6 Å². The van der Waals surface area contributed by atoms with Crippen molar-refractivity contribution < 1.29 is 18.1 Å². The average Bonchev–Trinajstić information content (AvgIpc) is 2.90. The molecule has 0 saturated heterocycles. The lowest BCUT2D eigenvalue weighted by molar-refractivity contribution is -0.385. The lowest BCUT2D eigenvalue weighted by Crippen LogP contribution is -2.16. The second kappa shape index (κ2) is 5.85. The molecule has 9 heteroatoms. The van der Waals surface area contributed by atoms with Crippen molar-refractivity contribution in [2.75, 3.05) is 7.11 Å². The van der Waals surface area contributed by atoms with E-state index in [1.54, 1.807) is 32.0 Å². The molecular formula is C16H15N3O5S. The van der Waals surface area contributed by atoms with Crippen molar-refractivity contribution in [3.05, 3.63) is 57.9 Å². The van der Waals surface area contributed by atoms with E-state index >= 15 is 0 Å². The molecule has 3 aromatic rings. The molecule has 0 aliphatic carbocycles. The Morgan fingerprint density at radius 1 is 1.16 bits per heavy atom. The molecule has 0 aliphatic rings. The molecule has 0 N–H and O–H groups in total. The van der Waals surface area contributed by atoms with Gasteiger partial charge < -0.3 is 4.74 Å². The molecule has 130 valence electrons. The number of aryl methyl sites for hydroxylation is 2. The van der Waals surface area contributed by atoms with Crippen LogP contribution >= 0.6 is 0 Å². The first-order valence-corrected chi connectivity index (χ1v) is 8.73. The fourth-order valence-corrected chi connectivity index (χ4v) is 4.41. The number of methoxy groups -OCH3 is 1. The van der Waals surface area contributed by atoms with Gasteiger partial charge >= 0.3 is 0 Å². The van der Waals surface area contributed by atoms with E-state index in [4.69, 9.17) is 4.74 Å². The van der Waals surface area contributed by atoms with E-state index in [-0.39, 0.29) is 16.4 Å². The Kier molecular flexibility index (Phi) is 3.96. The van der Waals surface area contributed by atoms with Gasteiger partial charge in [0.05, 0.1) is 28.0 Å². The Morgan fingerprint density at radius 2 is 1.88 bits per heavy atom. The monoisotopic (exact) mass is 361 g/mol. The van der Waals surface area contributed by atoms with Gasteiger partial charge in [-0.25, -0.2) is 17.4 Å². The number of fused-ring (bicyclic) bond motifs is 1. The van der Waals surface area contributed by atoms with Gasteiger partial charge in [-0.15, -0.1) is 0 Å². The highest BCUT2D eigenvalue weighted by atomic mass is 32.2. The summed E-state index contributed by atoms with van der Waals surface area (Å²) < 4.78 is 32.5. The van der Waals surface area contributed by atoms with Crippen LogP contribution < -0.4 is 4.74 Å². The number of rotatable bonds is 4. The summed E-state index contributed by atoms with van der Waals surface area (Å²) in [7, 11) is -2.54. The normalized spacial score (nSPS) is 11.6. The Balaban J connectivity index is 2.29. The highest BCUT2D eigenvalue weighted by Gasteiger charge is 2.26. The van der Waals surface area contributed by atoms with Gasteiger partial charge in [0.2, 0.25) is 0 Å². The maximum atomic E-state index is 13.1. The van der Waals surface area contributed by atoms with E-state index in [2.05, 4.69) is 4.98 Å². The molecule has 1 heterocycles. The molecule has 25 heavy (non-hydrogen) atoms. The first-order valence-electron chi connectivity index (χ1n) is 7.29. The van der Waals surface area contributed by atoms with Crippen LogP contribution in [-0.2, 0) is 10.0 Å². The molecule has 0 amide bonds. The lowest BCUT2D eigenvalue weighted by Gasteiger charge is -2.11. The number of nitrogens with zero attached hydrogens (tertiary/aromatic N) is 3. The zero-order valence-electron chi connectivity index (χ0n) is 13.8. The standard InChI is InChI=1S/C16H15N3O5S/c1-10-4-5-12(19(20)21)8-16(10)25(22,23)18-11(2)17-14-9-13(24-3)6-7-15(14)18/h4-9H,1-3H3. The molecule has 0 unspecified atom stereocenters. The molecule has 0 saturated carbocycles. The number of nitro groups is 1. The van der Waals surface area contributed by atoms with Gasteiger partial charge in [-0.1, -0.05) is 6.07 Å². The molecule has 0 radical (unpaired) electrons.